The number of hydrogen-bond donors (Lipinski definition) is 1. The summed E-state index contributed by atoms with van der Waals surface area (Å²) in [7, 11) is -3.52. The van der Waals surface area contributed by atoms with E-state index in [1.165, 1.54) is 10.4 Å². The lowest BCUT2D eigenvalue weighted by Gasteiger charge is -2.19. The van der Waals surface area contributed by atoms with Crippen molar-refractivity contribution < 1.29 is 13.5 Å². The maximum Gasteiger partial charge on any atom is 0.252 e. The minimum Gasteiger partial charge on any atom is -0.392 e. The molecule has 0 aliphatic carbocycles. The van der Waals surface area contributed by atoms with E-state index in [9.17, 15) is 8.42 Å². The summed E-state index contributed by atoms with van der Waals surface area (Å²) in [6, 6.07) is 5.12. The summed E-state index contributed by atoms with van der Waals surface area (Å²) in [5.74, 6) is 0. The lowest BCUT2D eigenvalue weighted by molar-refractivity contribution is 0.282. The summed E-state index contributed by atoms with van der Waals surface area (Å²) >= 11 is 1.13. The number of pyridine rings is 1. The molecule has 0 saturated heterocycles. The highest BCUT2D eigenvalue weighted by Gasteiger charge is 2.24. The SMILES string of the molecule is CCN(Cc1ccncc1)S(=O)(=O)c1cc(CO)cs1. The van der Waals surface area contributed by atoms with Gasteiger partial charge in [-0.3, -0.25) is 4.98 Å². The number of thiophene rings is 1. The molecular weight excluding hydrogens is 296 g/mol. The van der Waals surface area contributed by atoms with Crippen molar-refractivity contribution in [3.8, 4) is 0 Å². The van der Waals surface area contributed by atoms with Gasteiger partial charge in [-0.1, -0.05) is 6.92 Å². The zero-order valence-electron chi connectivity index (χ0n) is 11.1. The van der Waals surface area contributed by atoms with Gasteiger partial charge in [0.1, 0.15) is 4.21 Å². The van der Waals surface area contributed by atoms with Crippen LogP contribution in [0.1, 0.15) is 18.1 Å². The van der Waals surface area contributed by atoms with E-state index in [2.05, 4.69) is 4.98 Å². The van der Waals surface area contributed by atoms with Gasteiger partial charge < -0.3 is 5.11 Å². The van der Waals surface area contributed by atoms with Gasteiger partial charge in [0.2, 0.25) is 0 Å². The third-order valence-electron chi connectivity index (χ3n) is 2.87. The van der Waals surface area contributed by atoms with E-state index in [4.69, 9.17) is 5.11 Å². The van der Waals surface area contributed by atoms with E-state index in [1.54, 1.807) is 36.8 Å². The molecule has 5 nitrogen and oxygen atoms in total. The highest BCUT2D eigenvalue weighted by molar-refractivity contribution is 7.91. The Morgan fingerprint density at radius 3 is 2.55 bits per heavy atom. The molecule has 0 radical (unpaired) electrons. The zero-order valence-corrected chi connectivity index (χ0v) is 12.7. The minimum absolute atomic E-state index is 0.150. The van der Waals surface area contributed by atoms with Crippen molar-refractivity contribution in [1.29, 1.82) is 0 Å². The third-order valence-corrected chi connectivity index (χ3v) is 6.25. The van der Waals surface area contributed by atoms with Gasteiger partial charge in [-0.25, -0.2) is 8.42 Å². The molecule has 0 aliphatic rings. The Bertz CT molecular complexity index is 653. The van der Waals surface area contributed by atoms with Crippen molar-refractivity contribution >= 4 is 21.4 Å². The summed E-state index contributed by atoms with van der Waals surface area (Å²) < 4.78 is 26.7. The fourth-order valence-electron chi connectivity index (χ4n) is 1.76. The predicted octanol–water partition coefficient (Wildman–Crippen LogP) is 1.85. The number of aromatic nitrogens is 1. The lowest BCUT2D eigenvalue weighted by atomic mass is 10.3. The summed E-state index contributed by atoms with van der Waals surface area (Å²) in [5.41, 5.74) is 1.51. The van der Waals surface area contributed by atoms with E-state index in [1.807, 2.05) is 0 Å². The van der Waals surface area contributed by atoms with E-state index < -0.39 is 10.0 Å². The smallest absolute Gasteiger partial charge is 0.252 e. The van der Waals surface area contributed by atoms with Crippen LogP contribution in [0.4, 0.5) is 0 Å². The molecule has 0 aliphatic heterocycles. The number of aliphatic hydroxyl groups is 1. The average Bonchev–Trinajstić information content (AvgIpc) is 2.95. The van der Waals surface area contributed by atoms with Gasteiger partial charge in [-0.2, -0.15) is 4.31 Å². The molecule has 2 rings (SSSR count). The van der Waals surface area contributed by atoms with E-state index >= 15 is 0 Å². The van der Waals surface area contributed by atoms with Gasteiger partial charge in [-0.05, 0) is 34.7 Å². The van der Waals surface area contributed by atoms with Crippen molar-refractivity contribution in [2.45, 2.75) is 24.3 Å². The molecule has 7 heteroatoms. The van der Waals surface area contributed by atoms with Crippen LogP contribution >= 0.6 is 11.3 Å². The molecule has 2 heterocycles. The first kappa shape index (κ1) is 15.1. The van der Waals surface area contributed by atoms with Gasteiger partial charge in [0, 0.05) is 25.5 Å². The Hall–Kier alpha value is -1.28. The van der Waals surface area contributed by atoms with Gasteiger partial charge in [0.15, 0.2) is 0 Å². The highest BCUT2D eigenvalue weighted by atomic mass is 32.2. The molecule has 0 saturated carbocycles. The van der Waals surface area contributed by atoms with Gasteiger partial charge >= 0.3 is 0 Å². The molecular formula is C13H16N2O3S2. The fraction of sp³-hybridized carbons (Fsp3) is 0.308. The molecule has 0 atom stereocenters. The van der Waals surface area contributed by atoms with Crippen LogP contribution in [-0.2, 0) is 23.2 Å². The molecule has 0 bridgehead atoms. The second kappa shape index (κ2) is 6.45. The van der Waals surface area contributed by atoms with Crippen LogP contribution in [0.3, 0.4) is 0 Å². The first-order chi connectivity index (χ1) is 9.57. The van der Waals surface area contributed by atoms with E-state index in [0.717, 1.165) is 16.9 Å². The summed E-state index contributed by atoms with van der Waals surface area (Å²) in [6.45, 7) is 2.35. The van der Waals surface area contributed by atoms with Crippen molar-refractivity contribution in [1.82, 2.24) is 9.29 Å². The average molecular weight is 312 g/mol. The number of aliphatic hydroxyl groups excluding tert-OH is 1. The maximum absolute atomic E-state index is 12.5. The quantitative estimate of drug-likeness (QED) is 0.883. The molecule has 0 fully saturated rings. The van der Waals surface area contributed by atoms with Crippen LogP contribution in [0.25, 0.3) is 0 Å². The zero-order chi connectivity index (χ0) is 14.6. The maximum atomic E-state index is 12.5. The largest absolute Gasteiger partial charge is 0.392 e. The van der Waals surface area contributed by atoms with Crippen molar-refractivity contribution in [2.75, 3.05) is 6.54 Å². The molecule has 20 heavy (non-hydrogen) atoms. The Balaban J connectivity index is 2.25. The topological polar surface area (TPSA) is 70.5 Å². The number of hydrogen-bond acceptors (Lipinski definition) is 5. The predicted molar refractivity (Wildman–Crippen MR) is 77.7 cm³/mol. The van der Waals surface area contributed by atoms with Crippen LogP contribution in [0.5, 0.6) is 0 Å². The molecule has 2 aromatic rings. The van der Waals surface area contributed by atoms with Gasteiger partial charge in [-0.15, -0.1) is 11.3 Å². The third kappa shape index (κ3) is 3.24. The number of sulfonamides is 1. The minimum atomic E-state index is -3.52. The van der Waals surface area contributed by atoms with Crippen LogP contribution in [0.15, 0.2) is 40.2 Å². The molecule has 1 N–H and O–H groups in total. The lowest BCUT2D eigenvalue weighted by Crippen LogP contribution is -2.29. The Morgan fingerprint density at radius 2 is 2.00 bits per heavy atom. The Kier molecular flexibility index (Phi) is 4.87. The first-order valence-corrected chi connectivity index (χ1v) is 8.47. The number of rotatable bonds is 6. The Morgan fingerprint density at radius 1 is 1.30 bits per heavy atom. The highest BCUT2D eigenvalue weighted by Crippen LogP contribution is 2.25. The van der Waals surface area contributed by atoms with Crippen LogP contribution in [0.2, 0.25) is 0 Å². The van der Waals surface area contributed by atoms with E-state index in [0.29, 0.717) is 18.7 Å². The summed E-state index contributed by atoms with van der Waals surface area (Å²) in [6.07, 6.45) is 3.29. The molecule has 2 aromatic heterocycles. The second-order valence-corrected chi connectivity index (χ2v) is 7.29. The molecule has 108 valence electrons. The van der Waals surface area contributed by atoms with Gasteiger partial charge in [0.05, 0.1) is 6.61 Å². The van der Waals surface area contributed by atoms with Gasteiger partial charge in [0.25, 0.3) is 10.0 Å². The fourth-order valence-corrected chi connectivity index (χ4v) is 4.55. The second-order valence-electron chi connectivity index (χ2n) is 4.22. The van der Waals surface area contributed by atoms with Crippen molar-refractivity contribution in [3.05, 3.63) is 47.1 Å². The summed E-state index contributed by atoms with van der Waals surface area (Å²) in [4.78, 5) is 3.92. The normalized spacial score (nSPS) is 11.9. The molecule has 0 aromatic carbocycles. The number of nitrogens with zero attached hydrogens (tertiary/aromatic N) is 2. The van der Waals surface area contributed by atoms with Crippen LogP contribution in [0, 0.1) is 0 Å². The van der Waals surface area contributed by atoms with Crippen LogP contribution < -0.4 is 0 Å². The summed E-state index contributed by atoms with van der Waals surface area (Å²) in [5, 5.41) is 10.7. The van der Waals surface area contributed by atoms with Crippen LogP contribution in [-0.4, -0.2) is 29.4 Å². The first-order valence-electron chi connectivity index (χ1n) is 6.15. The van der Waals surface area contributed by atoms with Crippen molar-refractivity contribution in [2.24, 2.45) is 0 Å². The monoisotopic (exact) mass is 312 g/mol. The Labute approximate surface area is 122 Å². The molecule has 0 unspecified atom stereocenters. The molecule has 0 amide bonds. The van der Waals surface area contributed by atoms with Crippen molar-refractivity contribution in [3.63, 3.8) is 0 Å². The van der Waals surface area contributed by atoms with E-state index in [-0.39, 0.29) is 10.8 Å². The molecule has 0 spiro atoms. The standard InChI is InChI=1S/C13H16N2O3S2/c1-2-15(8-11-3-5-14-6-4-11)20(17,18)13-7-12(9-16)10-19-13/h3-7,10,16H,2,8-9H2,1H3.